The second-order valence-corrected chi connectivity index (χ2v) is 4.68. The lowest BCUT2D eigenvalue weighted by molar-refractivity contribution is 0.344. The molecule has 3 rings (SSSR count). The molecular formula is C13H18N4O. The van der Waals surface area contributed by atoms with Gasteiger partial charge in [-0.05, 0) is 18.6 Å². The van der Waals surface area contributed by atoms with Crippen molar-refractivity contribution >= 4 is 0 Å². The first-order chi connectivity index (χ1) is 8.85. The van der Waals surface area contributed by atoms with Crippen molar-refractivity contribution in [1.29, 1.82) is 0 Å². The summed E-state index contributed by atoms with van der Waals surface area (Å²) in [7, 11) is 0. The van der Waals surface area contributed by atoms with Crippen LogP contribution >= 0.6 is 0 Å². The molecule has 96 valence electrons. The average Bonchev–Trinajstić information content (AvgIpc) is 3.04. The van der Waals surface area contributed by atoms with Gasteiger partial charge in [0.15, 0.2) is 5.82 Å². The fourth-order valence-electron chi connectivity index (χ4n) is 2.34. The van der Waals surface area contributed by atoms with Gasteiger partial charge < -0.3 is 9.73 Å². The predicted molar refractivity (Wildman–Crippen MR) is 67.1 cm³/mol. The Balaban J connectivity index is 1.60. The first-order valence-corrected chi connectivity index (χ1v) is 6.53. The highest BCUT2D eigenvalue weighted by atomic mass is 16.3. The molecule has 1 unspecified atom stereocenters. The number of nitrogens with zero attached hydrogens (tertiary/aromatic N) is 3. The quantitative estimate of drug-likeness (QED) is 0.889. The lowest BCUT2D eigenvalue weighted by Gasteiger charge is -2.23. The molecule has 5 nitrogen and oxygen atoms in total. The minimum Gasteiger partial charge on any atom is -0.468 e. The number of hydrogen-bond acceptors (Lipinski definition) is 4. The molecule has 2 aromatic rings. The zero-order valence-electron chi connectivity index (χ0n) is 10.6. The van der Waals surface area contributed by atoms with Crippen molar-refractivity contribution in [3.8, 4) is 0 Å². The predicted octanol–water partition coefficient (Wildman–Crippen LogP) is 1.54. The van der Waals surface area contributed by atoms with E-state index >= 15 is 0 Å². The molecule has 1 atom stereocenters. The third-order valence-electron chi connectivity index (χ3n) is 3.36. The van der Waals surface area contributed by atoms with E-state index in [1.54, 1.807) is 6.26 Å². The standard InChI is InChI=1S/C13H18N4O/c1-2-12-15-13-6-5-10(9-17(13)16-12)14-8-11-4-3-7-18-11/h3-4,7,10,14H,2,5-6,8-9H2,1H3. The molecule has 2 aromatic heterocycles. The molecule has 1 N–H and O–H groups in total. The Bertz CT molecular complexity index is 503. The van der Waals surface area contributed by atoms with Gasteiger partial charge in [-0.1, -0.05) is 6.92 Å². The number of aromatic nitrogens is 3. The number of hydrogen-bond donors (Lipinski definition) is 1. The molecule has 3 heterocycles. The maximum atomic E-state index is 5.32. The van der Waals surface area contributed by atoms with Gasteiger partial charge in [-0.15, -0.1) is 0 Å². The average molecular weight is 246 g/mol. The number of nitrogens with one attached hydrogen (secondary N) is 1. The molecule has 0 bridgehead atoms. The summed E-state index contributed by atoms with van der Waals surface area (Å²) in [6, 6.07) is 4.36. The number of rotatable bonds is 4. The van der Waals surface area contributed by atoms with E-state index in [2.05, 4.69) is 22.3 Å². The van der Waals surface area contributed by atoms with E-state index in [4.69, 9.17) is 4.42 Å². The van der Waals surface area contributed by atoms with Gasteiger partial charge in [-0.2, -0.15) is 5.10 Å². The summed E-state index contributed by atoms with van der Waals surface area (Å²) in [4.78, 5) is 4.52. The summed E-state index contributed by atoms with van der Waals surface area (Å²) in [5.74, 6) is 3.06. The van der Waals surface area contributed by atoms with Crippen LogP contribution in [0.1, 0.15) is 30.8 Å². The number of aryl methyl sites for hydroxylation is 2. The Hall–Kier alpha value is -1.62. The molecule has 0 aliphatic carbocycles. The number of furan rings is 1. The van der Waals surface area contributed by atoms with Crippen LogP contribution in [0, 0.1) is 0 Å². The molecule has 0 amide bonds. The molecule has 0 saturated carbocycles. The van der Waals surface area contributed by atoms with Gasteiger partial charge >= 0.3 is 0 Å². The topological polar surface area (TPSA) is 55.9 Å². The van der Waals surface area contributed by atoms with Gasteiger partial charge in [0.2, 0.25) is 0 Å². The molecule has 1 aliphatic heterocycles. The van der Waals surface area contributed by atoms with Crippen LogP contribution in [0.25, 0.3) is 0 Å². The Morgan fingerprint density at radius 1 is 1.56 bits per heavy atom. The van der Waals surface area contributed by atoms with Crippen molar-refractivity contribution in [2.75, 3.05) is 0 Å². The summed E-state index contributed by atoms with van der Waals surface area (Å²) in [5.41, 5.74) is 0. The van der Waals surface area contributed by atoms with Crippen molar-refractivity contribution in [3.05, 3.63) is 35.8 Å². The van der Waals surface area contributed by atoms with Crippen LogP contribution < -0.4 is 5.32 Å². The fraction of sp³-hybridized carbons (Fsp3) is 0.538. The maximum absolute atomic E-state index is 5.32. The molecule has 1 aliphatic rings. The summed E-state index contributed by atoms with van der Waals surface area (Å²) in [6.07, 6.45) is 4.73. The van der Waals surface area contributed by atoms with Crippen LogP contribution in [0.2, 0.25) is 0 Å². The maximum Gasteiger partial charge on any atom is 0.150 e. The van der Waals surface area contributed by atoms with E-state index in [1.165, 1.54) is 0 Å². The minimum atomic E-state index is 0.453. The Morgan fingerprint density at radius 2 is 2.50 bits per heavy atom. The SMILES string of the molecule is CCc1nc2n(n1)CC(NCc1ccco1)CC2. The Morgan fingerprint density at radius 3 is 3.28 bits per heavy atom. The molecule has 0 fully saturated rings. The van der Waals surface area contributed by atoms with Crippen molar-refractivity contribution in [3.63, 3.8) is 0 Å². The molecule has 5 heteroatoms. The first kappa shape index (κ1) is 11.5. The second-order valence-electron chi connectivity index (χ2n) is 4.68. The second kappa shape index (κ2) is 4.94. The van der Waals surface area contributed by atoms with E-state index in [1.807, 2.05) is 16.8 Å². The highest BCUT2D eigenvalue weighted by molar-refractivity contribution is 5.00. The van der Waals surface area contributed by atoms with Crippen molar-refractivity contribution < 1.29 is 4.42 Å². The smallest absolute Gasteiger partial charge is 0.150 e. The van der Waals surface area contributed by atoms with Crippen LogP contribution in [0.5, 0.6) is 0 Å². The van der Waals surface area contributed by atoms with Gasteiger partial charge in [-0.3, -0.25) is 0 Å². The van der Waals surface area contributed by atoms with Gasteiger partial charge in [0.25, 0.3) is 0 Å². The highest BCUT2D eigenvalue weighted by Crippen LogP contribution is 2.14. The Kier molecular flexibility index (Phi) is 3.15. The zero-order valence-corrected chi connectivity index (χ0v) is 10.6. The molecule has 0 spiro atoms. The highest BCUT2D eigenvalue weighted by Gasteiger charge is 2.20. The fourth-order valence-corrected chi connectivity index (χ4v) is 2.34. The monoisotopic (exact) mass is 246 g/mol. The van der Waals surface area contributed by atoms with E-state index < -0.39 is 0 Å². The largest absolute Gasteiger partial charge is 0.468 e. The van der Waals surface area contributed by atoms with E-state index in [0.29, 0.717) is 6.04 Å². The molecule has 0 saturated heterocycles. The van der Waals surface area contributed by atoms with Gasteiger partial charge in [-0.25, -0.2) is 9.67 Å². The van der Waals surface area contributed by atoms with E-state index in [0.717, 1.165) is 49.8 Å². The van der Waals surface area contributed by atoms with Crippen molar-refractivity contribution in [2.45, 2.75) is 45.3 Å². The van der Waals surface area contributed by atoms with Crippen LogP contribution in [-0.2, 0) is 25.9 Å². The molecule has 18 heavy (non-hydrogen) atoms. The van der Waals surface area contributed by atoms with Crippen molar-refractivity contribution in [2.24, 2.45) is 0 Å². The first-order valence-electron chi connectivity index (χ1n) is 6.53. The van der Waals surface area contributed by atoms with Crippen molar-refractivity contribution in [1.82, 2.24) is 20.1 Å². The molecular weight excluding hydrogens is 228 g/mol. The third-order valence-corrected chi connectivity index (χ3v) is 3.36. The van der Waals surface area contributed by atoms with E-state index in [9.17, 15) is 0 Å². The lowest BCUT2D eigenvalue weighted by atomic mass is 10.1. The summed E-state index contributed by atoms with van der Waals surface area (Å²) in [6.45, 7) is 3.78. The summed E-state index contributed by atoms with van der Waals surface area (Å²) < 4.78 is 7.36. The lowest BCUT2D eigenvalue weighted by Crippen LogP contribution is -2.37. The third kappa shape index (κ3) is 2.31. The molecule has 0 aromatic carbocycles. The normalized spacial score (nSPS) is 18.8. The van der Waals surface area contributed by atoms with Gasteiger partial charge in [0, 0.05) is 18.9 Å². The van der Waals surface area contributed by atoms with Crippen LogP contribution in [0.3, 0.4) is 0 Å². The van der Waals surface area contributed by atoms with Crippen LogP contribution in [-0.4, -0.2) is 20.8 Å². The van der Waals surface area contributed by atoms with E-state index in [-0.39, 0.29) is 0 Å². The van der Waals surface area contributed by atoms with Crippen LogP contribution in [0.15, 0.2) is 22.8 Å². The summed E-state index contributed by atoms with van der Waals surface area (Å²) >= 11 is 0. The van der Waals surface area contributed by atoms with Crippen LogP contribution in [0.4, 0.5) is 0 Å². The van der Waals surface area contributed by atoms with Gasteiger partial charge in [0.05, 0.1) is 19.4 Å². The molecule has 0 radical (unpaired) electrons. The summed E-state index contributed by atoms with van der Waals surface area (Å²) in [5, 5.41) is 8.02. The number of fused-ring (bicyclic) bond motifs is 1. The van der Waals surface area contributed by atoms with Gasteiger partial charge in [0.1, 0.15) is 11.6 Å². The zero-order chi connectivity index (χ0) is 12.4. The Labute approximate surface area is 106 Å². The minimum absolute atomic E-state index is 0.453.